The number of benzene rings is 1. The van der Waals surface area contributed by atoms with Crippen LogP contribution >= 0.6 is 0 Å². The Bertz CT molecular complexity index is 273. The van der Waals surface area contributed by atoms with Crippen LogP contribution in [-0.2, 0) is 6.67 Å². The van der Waals surface area contributed by atoms with Crippen molar-refractivity contribution in [2.75, 3.05) is 0 Å². The van der Waals surface area contributed by atoms with Crippen LogP contribution in [0.15, 0.2) is 18.2 Å². The van der Waals surface area contributed by atoms with Crippen molar-refractivity contribution in [2.24, 2.45) is 5.73 Å². The molecule has 0 heterocycles. The van der Waals surface area contributed by atoms with Crippen LogP contribution in [0, 0.1) is 0 Å². The van der Waals surface area contributed by atoms with E-state index in [-0.39, 0.29) is 11.8 Å². The molecule has 3 heteroatoms. The molecule has 0 saturated carbocycles. The number of para-hydroxylation sites is 1. The molecule has 0 amide bonds. The number of phenolic OH excluding ortho intramolecular Hbond substituents is 1. The molecule has 0 radical (unpaired) electrons. The molecule has 1 unspecified atom stereocenters. The van der Waals surface area contributed by atoms with Crippen molar-refractivity contribution < 1.29 is 9.50 Å². The van der Waals surface area contributed by atoms with Gasteiger partial charge in [0.2, 0.25) is 0 Å². The van der Waals surface area contributed by atoms with Crippen molar-refractivity contribution >= 4 is 0 Å². The van der Waals surface area contributed by atoms with Gasteiger partial charge in [-0.05, 0) is 6.92 Å². The van der Waals surface area contributed by atoms with Crippen molar-refractivity contribution in [1.29, 1.82) is 0 Å². The minimum atomic E-state index is -0.660. The molecule has 3 N–H and O–H groups in total. The topological polar surface area (TPSA) is 46.2 Å². The Hall–Kier alpha value is -1.09. The monoisotopic (exact) mass is 169 g/mol. The van der Waals surface area contributed by atoms with Crippen LogP contribution in [0.1, 0.15) is 24.1 Å². The van der Waals surface area contributed by atoms with Gasteiger partial charge < -0.3 is 10.8 Å². The lowest BCUT2D eigenvalue weighted by atomic mass is 10.0. The molecule has 0 aliphatic carbocycles. The third-order valence-electron chi connectivity index (χ3n) is 1.79. The quantitative estimate of drug-likeness (QED) is 0.710. The SMILES string of the molecule is CC(N)c1cccc(CF)c1O. The predicted octanol–water partition coefficient (Wildman–Crippen LogP) is 1.88. The number of rotatable bonds is 2. The Kier molecular flexibility index (Phi) is 2.65. The number of phenols is 1. The highest BCUT2D eigenvalue weighted by atomic mass is 19.1. The summed E-state index contributed by atoms with van der Waals surface area (Å²) < 4.78 is 12.2. The molecule has 0 spiro atoms. The molecular weight excluding hydrogens is 157 g/mol. The number of hydrogen-bond donors (Lipinski definition) is 2. The summed E-state index contributed by atoms with van der Waals surface area (Å²) in [5.74, 6) is -0.0185. The lowest BCUT2D eigenvalue weighted by Gasteiger charge is -2.09. The molecule has 0 saturated heterocycles. The van der Waals surface area contributed by atoms with Crippen LogP contribution in [0.3, 0.4) is 0 Å². The van der Waals surface area contributed by atoms with Crippen LogP contribution in [-0.4, -0.2) is 5.11 Å². The summed E-state index contributed by atoms with van der Waals surface area (Å²) in [6, 6.07) is 4.66. The minimum Gasteiger partial charge on any atom is -0.507 e. The van der Waals surface area contributed by atoms with Gasteiger partial charge in [-0.25, -0.2) is 4.39 Å². The molecule has 2 nitrogen and oxygen atoms in total. The first-order chi connectivity index (χ1) is 5.66. The number of hydrogen-bond acceptors (Lipinski definition) is 2. The van der Waals surface area contributed by atoms with E-state index in [2.05, 4.69) is 0 Å². The van der Waals surface area contributed by atoms with Gasteiger partial charge in [0.15, 0.2) is 0 Å². The molecule has 0 aliphatic heterocycles. The maximum atomic E-state index is 12.2. The number of halogens is 1. The lowest BCUT2D eigenvalue weighted by molar-refractivity contribution is 0.425. The fourth-order valence-corrected chi connectivity index (χ4v) is 1.09. The van der Waals surface area contributed by atoms with Crippen LogP contribution in [0.5, 0.6) is 5.75 Å². The molecule has 1 rings (SSSR count). The molecule has 0 aliphatic rings. The van der Waals surface area contributed by atoms with E-state index in [1.165, 1.54) is 0 Å². The van der Waals surface area contributed by atoms with E-state index in [1.54, 1.807) is 25.1 Å². The van der Waals surface area contributed by atoms with Gasteiger partial charge in [-0.2, -0.15) is 0 Å². The molecule has 66 valence electrons. The van der Waals surface area contributed by atoms with E-state index in [0.29, 0.717) is 11.1 Å². The Balaban J connectivity index is 3.14. The molecule has 0 bridgehead atoms. The molecule has 0 aromatic heterocycles. The van der Waals surface area contributed by atoms with E-state index in [9.17, 15) is 9.50 Å². The zero-order chi connectivity index (χ0) is 9.14. The second-order valence-corrected chi connectivity index (χ2v) is 2.78. The van der Waals surface area contributed by atoms with Gasteiger partial charge >= 0.3 is 0 Å². The Labute approximate surface area is 70.8 Å². The van der Waals surface area contributed by atoms with E-state index >= 15 is 0 Å². The van der Waals surface area contributed by atoms with Gasteiger partial charge in [-0.15, -0.1) is 0 Å². The van der Waals surface area contributed by atoms with Crippen LogP contribution in [0.4, 0.5) is 4.39 Å². The smallest absolute Gasteiger partial charge is 0.126 e. The fraction of sp³-hybridized carbons (Fsp3) is 0.333. The van der Waals surface area contributed by atoms with E-state index < -0.39 is 6.67 Å². The average molecular weight is 169 g/mol. The van der Waals surface area contributed by atoms with E-state index in [1.807, 2.05) is 0 Å². The first-order valence-electron chi connectivity index (χ1n) is 3.79. The van der Waals surface area contributed by atoms with Crippen LogP contribution in [0.2, 0.25) is 0 Å². The predicted molar refractivity (Wildman–Crippen MR) is 45.5 cm³/mol. The fourth-order valence-electron chi connectivity index (χ4n) is 1.09. The van der Waals surface area contributed by atoms with Gasteiger partial charge in [0.1, 0.15) is 12.4 Å². The molecule has 1 aromatic rings. The summed E-state index contributed by atoms with van der Waals surface area (Å²) in [5, 5.41) is 9.44. The molecular formula is C9H12FNO. The lowest BCUT2D eigenvalue weighted by Crippen LogP contribution is -2.05. The largest absolute Gasteiger partial charge is 0.507 e. The first kappa shape index (κ1) is 9.00. The number of aromatic hydroxyl groups is 1. The van der Waals surface area contributed by atoms with E-state index in [4.69, 9.17) is 5.73 Å². The zero-order valence-electron chi connectivity index (χ0n) is 6.92. The Morgan fingerprint density at radius 2 is 2.25 bits per heavy atom. The third-order valence-corrected chi connectivity index (χ3v) is 1.79. The second kappa shape index (κ2) is 3.54. The Morgan fingerprint density at radius 3 is 2.75 bits per heavy atom. The van der Waals surface area contributed by atoms with Crippen LogP contribution in [0.25, 0.3) is 0 Å². The zero-order valence-corrected chi connectivity index (χ0v) is 6.92. The highest BCUT2D eigenvalue weighted by molar-refractivity contribution is 5.41. The van der Waals surface area contributed by atoms with Crippen molar-refractivity contribution in [2.45, 2.75) is 19.6 Å². The number of alkyl halides is 1. The van der Waals surface area contributed by atoms with Gasteiger partial charge in [-0.1, -0.05) is 18.2 Å². The summed E-state index contributed by atoms with van der Waals surface area (Å²) in [5.41, 5.74) is 6.44. The van der Waals surface area contributed by atoms with Crippen molar-refractivity contribution in [3.8, 4) is 5.75 Å². The summed E-state index contributed by atoms with van der Waals surface area (Å²) in [6.07, 6.45) is 0. The van der Waals surface area contributed by atoms with Gasteiger partial charge in [0, 0.05) is 17.2 Å². The average Bonchev–Trinajstić information content (AvgIpc) is 2.04. The maximum Gasteiger partial charge on any atom is 0.126 e. The van der Waals surface area contributed by atoms with Crippen molar-refractivity contribution in [1.82, 2.24) is 0 Å². The van der Waals surface area contributed by atoms with Crippen molar-refractivity contribution in [3.63, 3.8) is 0 Å². The highest BCUT2D eigenvalue weighted by Crippen LogP contribution is 2.26. The number of nitrogens with two attached hydrogens (primary N) is 1. The molecule has 1 aromatic carbocycles. The van der Waals surface area contributed by atoms with Crippen LogP contribution < -0.4 is 5.73 Å². The third kappa shape index (κ3) is 1.56. The highest BCUT2D eigenvalue weighted by Gasteiger charge is 2.09. The maximum absolute atomic E-state index is 12.2. The standard InChI is InChI=1S/C9H12FNO/c1-6(11)8-4-2-3-7(5-10)9(8)12/h2-4,6,12H,5,11H2,1H3. The van der Waals surface area contributed by atoms with Gasteiger partial charge in [-0.3, -0.25) is 0 Å². The summed E-state index contributed by atoms with van der Waals surface area (Å²) in [4.78, 5) is 0. The van der Waals surface area contributed by atoms with Gasteiger partial charge in [0.25, 0.3) is 0 Å². The van der Waals surface area contributed by atoms with Crippen molar-refractivity contribution in [3.05, 3.63) is 29.3 Å². The first-order valence-corrected chi connectivity index (χ1v) is 3.79. The normalized spacial score (nSPS) is 12.9. The molecule has 12 heavy (non-hydrogen) atoms. The van der Waals surface area contributed by atoms with Gasteiger partial charge in [0.05, 0.1) is 0 Å². The summed E-state index contributed by atoms with van der Waals surface area (Å²) >= 11 is 0. The molecule has 1 atom stereocenters. The minimum absolute atomic E-state index is 0.0185. The van der Waals surface area contributed by atoms with E-state index in [0.717, 1.165) is 0 Å². The Morgan fingerprint density at radius 1 is 1.58 bits per heavy atom. The summed E-state index contributed by atoms with van der Waals surface area (Å²) in [7, 11) is 0. The molecule has 0 fully saturated rings. The second-order valence-electron chi connectivity index (χ2n) is 2.78. The summed E-state index contributed by atoms with van der Waals surface area (Å²) in [6.45, 7) is 1.09.